The van der Waals surface area contributed by atoms with Gasteiger partial charge in [-0.3, -0.25) is 4.99 Å². The lowest BCUT2D eigenvalue weighted by molar-refractivity contribution is 0.343. The quantitative estimate of drug-likeness (QED) is 0.849. The standard InChI is InChI=1S/C16H22N2O2S/c1-19-12-6-8-13(9-7-12)20-10-11-21-16-17-14-4-2-3-5-15(14)18-16/h6-9,14-15H,2-5,10-11H2,1H3,(H,17,18)/t14-,15+. The van der Waals surface area contributed by atoms with Crippen LogP contribution in [0.3, 0.4) is 0 Å². The predicted octanol–water partition coefficient (Wildman–Crippen LogP) is 3.08. The highest BCUT2D eigenvalue weighted by Crippen LogP contribution is 2.27. The van der Waals surface area contributed by atoms with Gasteiger partial charge in [-0.1, -0.05) is 24.6 Å². The van der Waals surface area contributed by atoms with Gasteiger partial charge in [0.05, 0.1) is 25.8 Å². The van der Waals surface area contributed by atoms with Crippen LogP contribution in [0.5, 0.6) is 11.5 Å². The minimum atomic E-state index is 0.517. The van der Waals surface area contributed by atoms with E-state index in [1.807, 2.05) is 24.3 Å². The Hall–Kier alpha value is -1.36. The molecule has 1 aliphatic carbocycles. The maximum atomic E-state index is 5.72. The summed E-state index contributed by atoms with van der Waals surface area (Å²) in [5.41, 5.74) is 0. The number of amidine groups is 1. The molecule has 5 heteroatoms. The summed E-state index contributed by atoms with van der Waals surface area (Å²) in [6.07, 6.45) is 5.16. The molecule has 0 saturated heterocycles. The van der Waals surface area contributed by atoms with Gasteiger partial charge >= 0.3 is 0 Å². The molecule has 4 nitrogen and oxygen atoms in total. The Morgan fingerprint density at radius 1 is 1.19 bits per heavy atom. The topological polar surface area (TPSA) is 42.9 Å². The number of benzene rings is 1. The Balaban J connectivity index is 1.38. The average Bonchev–Trinajstić information content (AvgIpc) is 2.95. The maximum Gasteiger partial charge on any atom is 0.157 e. The van der Waals surface area contributed by atoms with E-state index in [2.05, 4.69) is 5.32 Å². The normalized spacial score (nSPS) is 24.0. The fraction of sp³-hybridized carbons (Fsp3) is 0.562. The second kappa shape index (κ2) is 7.07. The van der Waals surface area contributed by atoms with Crippen molar-refractivity contribution in [2.45, 2.75) is 37.8 Å². The second-order valence-corrected chi connectivity index (χ2v) is 6.49. The molecule has 2 atom stereocenters. The fourth-order valence-electron chi connectivity index (χ4n) is 2.83. The molecule has 1 aromatic carbocycles. The number of nitrogens with one attached hydrogen (secondary N) is 1. The van der Waals surface area contributed by atoms with Gasteiger partial charge in [-0.15, -0.1) is 0 Å². The molecule has 0 aromatic heterocycles. The lowest BCUT2D eigenvalue weighted by atomic mass is 9.92. The van der Waals surface area contributed by atoms with Crippen LogP contribution in [0.25, 0.3) is 0 Å². The number of methoxy groups -OCH3 is 1. The molecule has 2 aliphatic rings. The van der Waals surface area contributed by atoms with Crippen molar-refractivity contribution in [1.82, 2.24) is 5.32 Å². The molecule has 21 heavy (non-hydrogen) atoms. The molecule has 1 heterocycles. The smallest absolute Gasteiger partial charge is 0.157 e. The van der Waals surface area contributed by atoms with Gasteiger partial charge < -0.3 is 14.8 Å². The molecule has 1 aromatic rings. The van der Waals surface area contributed by atoms with Crippen molar-refractivity contribution in [3.05, 3.63) is 24.3 Å². The van der Waals surface area contributed by atoms with Gasteiger partial charge in [-0.25, -0.2) is 0 Å². The lowest BCUT2D eigenvalue weighted by Gasteiger charge is -2.23. The first-order valence-corrected chi connectivity index (χ1v) is 8.58. The van der Waals surface area contributed by atoms with Crippen molar-refractivity contribution in [2.24, 2.45) is 4.99 Å². The van der Waals surface area contributed by atoms with Crippen LogP contribution >= 0.6 is 11.8 Å². The number of hydrogen-bond acceptors (Lipinski definition) is 5. The summed E-state index contributed by atoms with van der Waals surface area (Å²) in [5, 5.41) is 4.65. The van der Waals surface area contributed by atoms with Gasteiger partial charge in [-0.05, 0) is 37.1 Å². The molecule has 0 unspecified atom stereocenters. The van der Waals surface area contributed by atoms with Gasteiger partial charge in [0.2, 0.25) is 0 Å². The zero-order chi connectivity index (χ0) is 14.5. The van der Waals surface area contributed by atoms with E-state index in [4.69, 9.17) is 14.5 Å². The highest BCUT2D eigenvalue weighted by molar-refractivity contribution is 8.13. The Bertz CT molecular complexity index is 490. The summed E-state index contributed by atoms with van der Waals surface area (Å²) in [5.74, 6) is 2.65. The first-order chi connectivity index (χ1) is 10.3. The third-order valence-electron chi connectivity index (χ3n) is 3.97. The minimum Gasteiger partial charge on any atom is -0.497 e. The van der Waals surface area contributed by atoms with Crippen LogP contribution in [-0.4, -0.2) is 36.7 Å². The first kappa shape index (κ1) is 14.6. The summed E-state index contributed by atoms with van der Waals surface area (Å²) in [6, 6.07) is 8.80. The van der Waals surface area contributed by atoms with Crippen LogP contribution in [0.4, 0.5) is 0 Å². The van der Waals surface area contributed by atoms with E-state index < -0.39 is 0 Å². The summed E-state index contributed by atoms with van der Waals surface area (Å²) in [7, 11) is 1.67. The minimum absolute atomic E-state index is 0.517. The summed E-state index contributed by atoms with van der Waals surface area (Å²) < 4.78 is 10.8. The molecule has 0 bridgehead atoms. The largest absolute Gasteiger partial charge is 0.497 e. The molecule has 1 N–H and O–H groups in total. The number of aliphatic imine (C=N–C) groups is 1. The molecular formula is C16H22N2O2S. The maximum absolute atomic E-state index is 5.72. The van der Waals surface area contributed by atoms with Crippen molar-refractivity contribution in [3.8, 4) is 11.5 Å². The van der Waals surface area contributed by atoms with Crippen molar-refractivity contribution in [1.29, 1.82) is 0 Å². The average molecular weight is 306 g/mol. The van der Waals surface area contributed by atoms with E-state index in [1.165, 1.54) is 25.7 Å². The fourth-order valence-corrected chi connectivity index (χ4v) is 3.63. The summed E-state index contributed by atoms with van der Waals surface area (Å²) >= 11 is 1.77. The molecular weight excluding hydrogens is 284 g/mol. The van der Waals surface area contributed by atoms with Crippen molar-refractivity contribution >= 4 is 16.9 Å². The highest BCUT2D eigenvalue weighted by atomic mass is 32.2. The number of ether oxygens (including phenoxy) is 2. The van der Waals surface area contributed by atoms with E-state index in [9.17, 15) is 0 Å². The number of fused-ring (bicyclic) bond motifs is 1. The second-order valence-electron chi connectivity index (χ2n) is 5.41. The molecule has 1 saturated carbocycles. The van der Waals surface area contributed by atoms with Crippen molar-refractivity contribution in [2.75, 3.05) is 19.5 Å². The van der Waals surface area contributed by atoms with Gasteiger partial charge in [0.15, 0.2) is 5.17 Å². The molecule has 0 radical (unpaired) electrons. The number of nitrogens with zero attached hydrogens (tertiary/aromatic N) is 1. The van der Waals surface area contributed by atoms with Crippen LogP contribution in [0.2, 0.25) is 0 Å². The molecule has 3 rings (SSSR count). The Morgan fingerprint density at radius 2 is 1.95 bits per heavy atom. The zero-order valence-corrected chi connectivity index (χ0v) is 13.2. The van der Waals surface area contributed by atoms with Crippen molar-refractivity contribution in [3.63, 3.8) is 0 Å². The molecule has 0 spiro atoms. The van der Waals surface area contributed by atoms with Crippen LogP contribution < -0.4 is 14.8 Å². The van der Waals surface area contributed by atoms with Crippen LogP contribution in [0, 0.1) is 0 Å². The third-order valence-corrected chi connectivity index (χ3v) is 4.84. The third kappa shape index (κ3) is 3.84. The SMILES string of the molecule is COc1ccc(OCCSC2=N[C@@H]3CCCC[C@@H]3N2)cc1. The van der Waals surface area contributed by atoms with E-state index in [0.29, 0.717) is 18.7 Å². The van der Waals surface area contributed by atoms with Gasteiger partial charge in [0.1, 0.15) is 11.5 Å². The lowest BCUT2D eigenvalue weighted by Crippen LogP contribution is -2.36. The Morgan fingerprint density at radius 3 is 2.71 bits per heavy atom. The van der Waals surface area contributed by atoms with E-state index in [0.717, 1.165) is 22.4 Å². The summed E-state index contributed by atoms with van der Waals surface area (Å²) in [6.45, 7) is 0.688. The zero-order valence-electron chi connectivity index (χ0n) is 12.4. The molecule has 1 fully saturated rings. The van der Waals surface area contributed by atoms with Crippen LogP contribution in [-0.2, 0) is 0 Å². The summed E-state index contributed by atoms with van der Waals surface area (Å²) in [4.78, 5) is 4.77. The number of hydrogen-bond donors (Lipinski definition) is 1. The monoisotopic (exact) mass is 306 g/mol. The van der Waals surface area contributed by atoms with E-state index in [1.54, 1.807) is 18.9 Å². The van der Waals surface area contributed by atoms with Gasteiger partial charge in [-0.2, -0.15) is 0 Å². The van der Waals surface area contributed by atoms with E-state index in [-0.39, 0.29) is 0 Å². The first-order valence-electron chi connectivity index (χ1n) is 7.59. The van der Waals surface area contributed by atoms with Crippen LogP contribution in [0.1, 0.15) is 25.7 Å². The number of thioether (sulfide) groups is 1. The number of rotatable bonds is 5. The predicted molar refractivity (Wildman–Crippen MR) is 87.6 cm³/mol. The van der Waals surface area contributed by atoms with Crippen molar-refractivity contribution < 1.29 is 9.47 Å². The Labute approximate surface area is 130 Å². The highest BCUT2D eigenvalue weighted by Gasteiger charge is 2.30. The Kier molecular flexibility index (Phi) is 4.91. The molecule has 1 aliphatic heterocycles. The van der Waals surface area contributed by atoms with Gasteiger partial charge in [0.25, 0.3) is 0 Å². The van der Waals surface area contributed by atoms with E-state index >= 15 is 0 Å². The molecule has 0 amide bonds. The van der Waals surface area contributed by atoms with Gasteiger partial charge in [0, 0.05) is 5.75 Å². The van der Waals surface area contributed by atoms with Crippen LogP contribution in [0.15, 0.2) is 29.3 Å². The molecule has 114 valence electrons.